The van der Waals surface area contributed by atoms with Crippen LogP contribution in [0.1, 0.15) is 45.1 Å². The van der Waals surface area contributed by atoms with Crippen molar-refractivity contribution in [2.45, 2.75) is 51.6 Å². The molecule has 0 bridgehead atoms. The third-order valence-corrected chi connectivity index (χ3v) is 3.24. The summed E-state index contributed by atoms with van der Waals surface area (Å²) in [6.45, 7) is 4.11. The lowest BCUT2D eigenvalue weighted by atomic mass is 9.86. The highest BCUT2D eigenvalue weighted by Gasteiger charge is 2.25. The second-order valence-electron chi connectivity index (χ2n) is 4.65. The minimum absolute atomic E-state index is 0.123. The summed E-state index contributed by atoms with van der Waals surface area (Å²) in [7, 11) is 0. The van der Waals surface area contributed by atoms with Crippen molar-refractivity contribution < 1.29 is 9.50 Å². The summed E-state index contributed by atoms with van der Waals surface area (Å²) in [5.41, 5.74) is 0.200. The molecular formula is C14H20ClFO. The molecule has 0 aliphatic carbocycles. The van der Waals surface area contributed by atoms with Crippen molar-refractivity contribution >= 4 is 11.6 Å². The van der Waals surface area contributed by atoms with E-state index in [1.807, 2.05) is 0 Å². The summed E-state index contributed by atoms with van der Waals surface area (Å²) in [5, 5.41) is 10.6. The summed E-state index contributed by atoms with van der Waals surface area (Å²) in [5.74, 6) is -0.412. The van der Waals surface area contributed by atoms with Gasteiger partial charge < -0.3 is 5.11 Å². The van der Waals surface area contributed by atoms with E-state index in [-0.39, 0.29) is 5.02 Å². The molecule has 0 spiro atoms. The van der Waals surface area contributed by atoms with E-state index in [1.54, 1.807) is 12.1 Å². The molecule has 0 fully saturated rings. The Balaban J connectivity index is 2.81. The van der Waals surface area contributed by atoms with Gasteiger partial charge in [-0.1, -0.05) is 44.4 Å². The minimum Gasteiger partial charge on any atom is -0.390 e. The molecule has 0 heterocycles. The molecule has 0 aromatic heterocycles. The zero-order valence-corrected chi connectivity index (χ0v) is 11.2. The summed E-state index contributed by atoms with van der Waals surface area (Å²) >= 11 is 5.74. The number of hydrogen-bond donors (Lipinski definition) is 1. The molecule has 0 aliphatic rings. The average Bonchev–Trinajstić information content (AvgIpc) is 2.24. The zero-order chi connectivity index (χ0) is 12.9. The summed E-state index contributed by atoms with van der Waals surface area (Å²) in [4.78, 5) is 0. The van der Waals surface area contributed by atoms with Gasteiger partial charge in [0.05, 0.1) is 10.6 Å². The van der Waals surface area contributed by atoms with Gasteiger partial charge in [0.25, 0.3) is 0 Å². The minimum atomic E-state index is -0.690. The van der Waals surface area contributed by atoms with Crippen LogP contribution in [0.5, 0.6) is 0 Å². The second kappa shape index (κ2) is 6.36. The molecular weight excluding hydrogens is 239 g/mol. The Morgan fingerprint density at radius 1 is 1.24 bits per heavy atom. The maximum Gasteiger partial charge on any atom is 0.141 e. The average molecular weight is 259 g/mol. The summed E-state index contributed by atoms with van der Waals surface area (Å²) in [6.07, 6.45) is 3.93. The molecule has 17 heavy (non-hydrogen) atoms. The van der Waals surface area contributed by atoms with Gasteiger partial charge in [0, 0.05) is 6.42 Å². The maximum atomic E-state index is 13.0. The fourth-order valence-corrected chi connectivity index (χ4v) is 2.47. The topological polar surface area (TPSA) is 20.2 Å². The van der Waals surface area contributed by atoms with Crippen LogP contribution in [-0.4, -0.2) is 10.7 Å². The Labute approximate surface area is 108 Å². The van der Waals surface area contributed by atoms with E-state index in [9.17, 15) is 9.50 Å². The smallest absolute Gasteiger partial charge is 0.141 e. The molecule has 0 saturated carbocycles. The first-order valence-corrected chi connectivity index (χ1v) is 6.55. The van der Waals surface area contributed by atoms with Crippen LogP contribution >= 0.6 is 11.6 Å². The first-order valence-electron chi connectivity index (χ1n) is 6.17. The van der Waals surface area contributed by atoms with Gasteiger partial charge in [-0.3, -0.25) is 0 Å². The lowest BCUT2D eigenvalue weighted by Crippen LogP contribution is -2.31. The van der Waals surface area contributed by atoms with Crippen LogP contribution < -0.4 is 0 Å². The van der Waals surface area contributed by atoms with Crippen molar-refractivity contribution in [3.05, 3.63) is 34.6 Å². The Hall–Kier alpha value is -0.600. The first-order chi connectivity index (χ1) is 8.00. The molecule has 96 valence electrons. The standard InChI is InChI=1S/C14H20ClFO/c1-3-7-14(17,8-4-2)10-11-5-6-13(16)12(15)9-11/h5-6,9,17H,3-4,7-8,10H2,1-2H3. The molecule has 1 aromatic rings. The fourth-order valence-electron chi connectivity index (χ4n) is 2.26. The van der Waals surface area contributed by atoms with Gasteiger partial charge in [0.1, 0.15) is 5.82 Å². The van der Waals surface area contributed by atoms with Crippen molar-refractivity contribution in [1.29, 1.82) is 0 Å². The number of benzene rings is 1. The Morgan fingerprint density at radius 2 is 1.82 bits per heavy atom. The predicted octanol–water partition coefficient (Wildman–Crippen LogP) is 4.35. The molecule has 1 N–H and O–H groups in total. The highest BCUT2D eigenvalue weighted by molar-refractivity contribution is 6.30. The van der Waals surface area contributed by atoms with E-state index >= 15 is 0 Å². The lowest BCUT2D eigenvalue weighted by molar-refractivity contribution is 0.0216. The van der Waals surface area contributed by atoms with Crippen molar-refractivity contribution in [2.75, 3.05) is 0 Å². The normalized spacial score (nSPS) is 11.8. The number of halogens is 2. The van der Waals surface area contributed by atoms with Crippen LogP contribution in [0.25, 0.3) is 0 Å². The van der Waals surface area contributed by atoms with Gasteiger partial charge in [0.15, 0.2) is 0 Å². The largest absolute Gasteiger partial charge is 0.390 e. The van der Waals surface area contributed by atoms with Crippen molar-refractivity contribution in [3.63, 3.8) is 0 Å². The van der Waals surface area contributed by atoms with Crippen LogP contribution in [0.2, 0.25) is 5.02 Å². The summed E-state index contributed by atoms with van der Waals surface area (Å²) < 4.78 is 13.0. The Kier molecular flexibility index (Phi) is 5.41. The molecule has 0 aliphatic heterocycles. The number of rotatable bonds is 6. The van der Waals surface area contributed by atoms with Gasteiger partial charge in [-0.2, -0.15) is 0 Å². The monoisotopic (exact) mass is 258 g/mol. The first kappa shape index (κ1) is 14.5. The summed E-state index contributed by atoms with van der Waals surface area (Å²) in [6, 6.07) is 4.65. The van der Waals surface area contributed by atoms with Gasteiger partial charge in [-0.25, -0.2) is 4.39 Å². The zero-order valence-electron chi connectivity index (χ0n) is 10.5. The Morgan fingerprint density at radius 3 is 2.29 bits per heavy atom. The van der Waals surface area contributed by atoms with E-state index in [4.69, 9.17) is 11.6 Å². The van der Waals surface area contributed by atoms with Crippen molar-refractivity contribution in [3.8, 4) is 0 Å². The molecule has 0 radical (unpaired) electrons. The molecule has 0 amide bonds. The van der Waals surface area contributed by atoms with Gasteiger partial charge in [-0.15, -0.1) is 0 Å². The molecule has 0 atom stereocenters. The van der Waals surface area contributed by atoms with Gasteiger partial charge in [0.2, 0.25) is 0 Å². The highest BCUT2D eigenvalue weighted by atomic mass is 35.5. The van der Waals surface area contributed by atoms with E-state index < -0.39 is 11.4 Å². The molecule has 1 rings (SSSR count). The second-order valence-corrected chi connectivity index (χ2v) is 5.06. The molecule has 1 aromatic carbocycles. The number of aliphatic hydroxyl groups is 1. The highest BCUT2D eigenvalue weighted by Crippen LogP contribution is 2.26. The fraction of sp³-hybridized carbons (Fsp3) is 0.571. The SMILES string of the molecule is CCCC(O)(CCC)Cc1ccc(F)c(Cl)c1. The van der Waals surface area contributed by atoms with E-state index in [2.05, 4.69) is 13.8 Å². The van der Waals surface area contributed by atoms with E-state index in [0.29, 0.717) is 6.42 Å². The van der Waals surface area contributed by atoms with E-state index in [1.165, 1.54) is 6.07 Å². The van der Waals surface area contributed by atoms with Gasteiger partial charge >= 0.3 is 0 Å². The Bertz CT molecular complexity index is 359. The van der Waals surface area contributed by atoms with Crippen LogP contribution in [0.15, 0.2) is 18.2 Å². The van der Waals surface area contributed by atoms with Gasteiger partial charge in [-0.05, 0) is 30.5 Å². The quantitative estimate of drug-likeness (QED) is 0.804. The maximum absolute atomic E-state index is 13.0. The third kappa shape index (κ3) is 4.29. The van der Waals surface area contributed by atoms with Crippen molar-refractivity contribution in [1.82, 2.24) is 0 Å². The number of hydrogen-bond acceptors (Lipinski definition) is 1. The molecule has 0 unspecified atom stereocenters. The van der Waals surface area contributed by atoms with Crippen LogP contribution in [0.3, 0.4) is 0 Å². The predicted molar refractivity (Wildman–Crippen MR) is 69.9 cm³/mol. The molecule has 3 heteroatoms. The van der Waals surface area contributed by atoms with Crippen LogP contribution in [0.4, 0.5) is 4.39 Å². The van der Waals surface area contributed by atoms with E-state index in [0.717, 1.165) is 31.2 Å². The van der Waals surface area contributed by atoms with Crippen LogP contribution in [-0.2, 0) is 6.42 Å². The third-order valence-electron chi connectivity index (χ3n) is 2.95. The van der Waals surface area contributed by atoms with Crippen LogP contribution in [0, 0.1) is 5.82 Å². The molecule has 0 saturated heterocycles. The van der Waals surface area contributed by atoms with Crippen molar-refractivity contribution in [2.24, 2.45) is 0 Å². The molecule has 1 nitrogen and oxygen atoms in total. The lowest BCUT2D eigenvalue weighted by Gasteiger charge is -2.27.